The molecular weight excluding hydrogens is 379 g/mol. The molecule has 10 heteroatoms. The van der Waals surface area contributed by atoms with Crippen molar-refractivity contribution < 1.29 is 32.6 Å². The van der Waals surface area contributed by atoms with Gasteiger partial charge in [-0.1, -0.05) is 0 Å². The summed E-state index contributed by atoms with van der Waals surface area (Å²) < 4.78 is 44.5. The van der Waals surface area contributed by atoms with E-state index in [-0.39, 0.29) is 11.3 Å². The first-order chi connectivity index (χ1) is 13.0. The average Bonchev–Trinajstić information content (AvgIpc) is 2.64. The molecule has 1 aromatic carbocycles. The number of methoxy groups -OCH3 is 1. The lowest BCUT2D eigenvalue weighted by atomic mass is 10.1. The second kappa shape index (κ2) is 8.78. The summed E-state index contributed by atoms with van der Waals surface area (Å²) >= 11 is 0. The van der Waals surface area contributed by atoms with Crippen LogP contribution in [-0.2, 0) is 9.53 Å². The van der Waals surface area contributed by atoms with Gasteiger partial charge in [-0.15, -0.1) is 0 Å². The van der Waals surface area contributed by atoms with E-state index >= 15 is 0 Å². The molecule has 0 unspecified atom stereocenters. The molecule has 2 rings (SSSR count). The molecule has 1 amide bonds. The van der Waals surface area contributed by atoms with Crippen LogP contribution in [-0.4, -0.2) is 81.0 Å². The highest BCUT2D eigenvalue weighted by atomic mass is 19.4. The normalized spacial score (nSPS) is 16.7. The number of amides is 1. The fourth-order valence-corrected chi connectivity index (χ4v) is 2.96. The molecule has 156 valence electrons. The third-order valence-electron chi connectivity index (χ3n) is 4.70. The molecule has 1 aliphatic heterocycles. The van der Waals surface area contributed by atoms with Gasteiger partial charge >= 0.3 is 18.1 Å². The van der Waals surface area contributed by atoms with Crippen molar-refractivity contribution in [2.75, 3.05) is 56.7 Å². The summed E-state index contributed by atoms with van der Waals surface area (Å²) in [4.78, 5) is 28.2. The Morgan fingerprint density at radius 3 is 2.36 bits per heavy atom. The minimum atomic E-state index is -5.15. The quantitative estimate of drug-likeness (QED) is 0.784. The molecule has 7 nitrogen and oxygen atoms in total. The monoisotopic (exact) mass is 403 g/mol. The number of hydrogen-bond donors (Lipinski definition) is 1. The number of carboxylic acid groups (broad SMARTS) is 1. The van der Waals surface area contributed by atoms with Crippen LogP contribution in [0, 0.1) is 0 Å². The van der Waals surface area contributed by atoms with Gasteiger partial charge in [0.15, 0.2) is 0 Å². The number of rotatable bonds is 6. The maximum atomic E-state index is 13.2. The van der Waals surface area contributed by atoms with Gasteiger partial charge in [-0.05, 0) is 32.2 Å². The Bertz CT molecular complexity index is 719. The van der Waals surface area contributed by atoms with Crippen LogP contribution in [0.3, 0.4) is 0 Å². The Morgan fingerprint density at radius 1 is 1.25 bits per heavy atom. The van der Waals surface area contributed by atoms with Crippen molar-refractivity contribution in [1.82, 2.24) is 4.90 Å². The van der Waals surface area contributed by atoms with Crippen LogP contribution in [0.1, 0.15) is 17.3 Å². The van der Waals surface area contributed by atoms with E-state index in [4.69, 9.17) is 4.74 Å². The number of nitrogens with zero attached hydrogens (tertiary/aromatic N) is 3. The fraction of sp³-hybridized carbons (Fsp3) is 0.556. The van der Waals surface area contributed by atoms with Crippen molar-refractivity contribution >= 4 is 23.3 Å². The molecule has 1 heterocycles. The topological polar surface area (TPSA) is 73.3 Å². The lowest BCUT2D eigenvalue weighted by molar-refractivity contribution is -0.170. The third kappa shape index (κ3) is 5.14. The molecule has 1 fully saturated rings. The number of alkyl halides is 3. The van der Waals surface area contributed by atoms with Crippen molar-refractivity contribution in [3.63, 3.8) is 0 Å². The first kappa shape index (κ1) is 22.0. The first-order valence-electron chi connectivity index (χ1n) is 8.77. The summed E-state index contributed by atoms with van der Waals surface area (Å²) in [6.07, 6.45) is -5.87. The summed E-state index contributed by atoms with van der Waals surface area (Å²) in [5.41, 5.74) is -0.105. The van der Waals surface area contributed by atoms with Gasteiger partial charge in [-0.3, -0.25) is 4.79 Å². The van der Waals surface area contributed by atoms with Crippen LogP contribution in [0.5, 0.6) is 0 Å². The smallest absolute Gasteiger partial charge is 0.471 e. The molecule has 1 N–H and O–H groups in total. The lowest BCUT2D eigenvalue weighted by Gasteiger charge is -2.35. The molecule has 0 saturated carbocycles. The number of carbonyl (C=O) groups excluding carboxylic acids is 1. The summed E-state index contributed by atoms with van der Waals surface area (Å²) in [5, 5.41) is 9.46. The van der Waals surface area contributed by atoms with Crippen molar-refractivity contribution in [3.05, 3.63) is 23.8 Å². The van der Waals surface area contributed by atoms with E-state index in [0.717, 1.165) is 13.1 Å². The average molecular weight is 403 g/mol. The van der Waals surface area contributed by atoms with E-state index < -0.39 is 30.7 Å². The standard InChI is InChI=1S/C18H24F3N3O4/c1-12(28-3)11-24(17(27)18(19,20)21)15-10-13(4-5-14(15)16(25)26)23-8-6-22(2)7-9-23/h4-5,10,12H,6-9,11H2,1-3H3,(H,25,26)/t12-/m0/s1. The van der Waals surface area contributed by atoms with Crippen LogP contribution in [0.25, 0.3) is 0 Å². The highest BCUT2D eigenvalue weighted by molar-refractivity contribution is 6.04. The maximum Gasteiger partial charge on any atom is 0.471 e. The molecule has 28 heavy (non-hydrogen) atoms. The van der Waals surface area contributed by atoms with Crippen molar-refractivity contribution in [3.8, 4) is 0 Å². The number of halogens is 3. The molecule has 0 aromatic heterocycles. The Morgan fingerprint density at radius 2 is 1.86 bits per heavy atom. The van der Waals surface area contributed by atoms with Crippen LogP contribution < -0.4 is 9.80 Å². The van der Waals surface area contributed by atoms with Gasteiger partial charge < -0.3 is 24.5 Å². The SMILES string of the molecule is CO[C@@H](C)CN(C(=O)C(F)(F)F)c1cc(N2CCN(C)CC2)ccc1C(=O)O. The van der Waals surface area contributed by atoms with Gasteiger partial charge in [0.1, 0.15) is 0 Å². The summed E-state index contributed by atoms with van der Waals surface area (Å²) in [6.45, 7) is 3.89. The van der Waals surface area contributed by atoms with Gasteiger partial charge in [0.2, 0.25) is 0 Å². The zero-order valence-electron chi connectivity index (χ0n) is 16.0. The van der Waals surface area contributed by atoms with Crippen LogP contribution in [0.15, 0.2) is 18.2 Å². The Balaban J connectivity index is 2.50. The maximum absolute atomic E-state index is 13.2. The van der Waals surface area contributed by atoms with Gasteiger partial charge in [-0.2, -0.15) is 13.2 Å². The lowest BCUT2D eigenvalue weighted by Crippen LogP contribution is -2.46. The fourth-order valence-electron chi connectivity index (χ4n) is 2.96. The van der Waals surface area contributed by atoms with Gasteiger partial charge in [0.05, 0.1) is 23.9 Å². The van der Waals surface area contributed by atoms with E-state index in [0.29, 0.717) is 23.7 Å². The Kier molecular flexibility index (Phi) is 6.89. The largest absolute Gasteiger partial charge is 0.478 e. The van der Waals surface area contributed by atoms with Gasteiger partial charge in [0.25, 0.3) is 0 Å². The zero-order chi connectivity index (χ0) is 21.1. The number of carbonyl (C=O) groups is 2. The number of piperazine rings is 1. The molecular formula is C18H24F3N3O4. The molecule has 0 spiro atoms. The van der Waals surface area contributed by atoms with Crippen molar-refractivity contribution in [2.45, 2.75) is 19.2 Å². The third-order valence-corrected chi connectivity index (χ3v) is 4.70. The molecule has 1 saturated heterocycles. The molecule has 1 aromatic rings. The van der Waals surface area contributed by atoms with Gasteiger partial charge in [0, 0.05) is 39.0 Å². The predicted molar refractivity (Wildman–Crippen MR) is 98.0 cm³/mol. The van der Waals surface area contributed by atoms with Crippen molar-refractivity contribution in [1.29, 1.82) is 0 Å². The summed E-state index contributed by atoms with van der Waals surface area (Å²) in [7, 11) is 3.27. The number of carboxylic acids is 1. The molecule has 0 bridgehead atoms. The molecule has 0 radical (unpaired) electrons. The minimum absolute atomic E-state index is 0.296. The predicted octanol–water partition coefficient (Wildman–Crippen LogP) is 2.07. The number of ether oxygens (including phenoxy) is 1. The summed E-state index contributed by atoms with van der Waals surface area (Å²) in [6, 6.07) is 4.12. The van der Waals surface area contributed by atoms with Crippen LogP contribution in [0.4, 0.5) is 24.5 Å². The Labute approximate surface area is 161 Å². The van der Waals surface area contributed by atoms with Gasteiger partial charge in [-0.25, -0.2) is 4.79 Å². The summed E-state index contributed by atoms with van der Waals surface area (Å²) in [5.74, 6) is -3.54. The van der Waals surface area contributed by atoms with Crippen LogP contribution >= 0.6 is 0 Å². The van der Waals surface area contributed by atoms with E-state index in [2.05, 4.69) is 4.90 Å². The number of likely N-dealkylation sites (N-methyl/N-ethyl adjacent to an activating group) is 1. The number of anilines is 2. The molecule has 0 aliphatic carbocycles. The number of hydrogen-bond acceptors (Lipinski definition) is 5. The molecule has 1 aliphatic rings. The molecule has 1 atom stereocenters. The Hall–Kier alpha value is -2.33. The highest BCUT2D eigenvalue weighted by Crippen LogP contribution is 2.31. The number of aromatic carboxylic acids is 1. The van der Waals surface area contributed by atoms with Crippen LogP contribution in [0.2, 0.25) is 0 Å². The van der Waals surface area contributed by atoms with E-state index in [1.807, 2.05) is 11.9 Å². The highest BCUT2D eigenvalue weighted by Gasteiger charge is 2.44. The van der Waals surface area contributed by atoms with E-state index in [1.54, 1.807) is 6.07 Å². The van der Waals surface area contributed by atoms with E-state index in [9.17, 15) is 27.9 Å². The second-order valence-electron chi connectivity index (χ2n) is 6.76. The zero-order valence-corrected chi connectivity index (χ0v) is 16.0. The minimum Gasteiger partial charge on any atom is -0.478 e. The number of benzene rings is 1. The van der Waals surface area contributed by atoms with Crippen molar-refractivity contribution in [2.24, 2.45) is 0 Å². The first-order valence-corrected chi connectivity index (χ1v) is 8.77. The second-order valence-corrected chi connectivity index (χ2v) is 6.76. The van der Waals surface area contributed by atoms with E-state index in [1.165, 1.54) is 26.2 Å².